The summed E-state index contributed by atoms with van der Waals surface area (Å²) in [6.45, 7) is 1.87. The van der Waals surface area contributed by atoms with Crippen LogP contribution in [0.15, 0.2) is 44.8 Å². The Labute approximate surface area is 102 Å². The third-order valence-electron chi connectivity index (χ3n) is 2.17. The minimum absolute atomic E-state index is 0.154. The van der Waals surface area contributed by atoms with Gasteiger partial charge in [0.05, 0.1) is 4.21 Å². The van der Waals surface area contributed by atoms with Crippen LogP contribution in [0, 0.1) is 5.82 Å². The Balaban J connectivity index is 2.33. The van der Waals surface area contributed by atoms with Crippen LogP contribution in [0.4, 0.5) is 4.39 Å². The molecule has 1 atom stereocenters. The highest BCUT2D eigenvalue weighted by molar-refractivity contribution is 8.01. The molecule has 0 spiro atoms. The highest BCUT2D eigenvalue weighted by atomic mass is 32.2. The lowest BCUT2D eigenvalue weighted by atomic mass is 10.1. The molecule has 0 unspecified atom stereocenters. The molecule has 1 aromatic heterocycles. The summed E-state index contributed by atoms with van der Waals surface area (Å²) in [6, 6.07) is 8.67. The van der Waals surface area contributed by atoms with E-state index in [9.17, 15) is 4.39 Å². The molecule has 1 heterocycles. The Morgan fingerprint density at radius 1 is 1.38 bits per heavy atom. The minimum Gasteiger partial charge on any atom is -0.324 e. The SMILES string of the molecule is C[C@@H](N)c1cc(F)ccc1Sc1cccs1. The zero-order valence-electron chi connectivity index (χ0n) is 8.81. The number of benzene rings is 1. The van der Waals surface area contributed by atoms with Gasteiger partial charge in [-0.1, -0.05) is 17.8 Å². The Morgan fingerprint density at radius 3 is 2.81 bits per heavy atom. The van der Waals surface area contributed by atoms with E-state index >= 15 is 0 Å². The molecule has 16 heavy (non-hydrogen) atoms. The van der Waals surface area contributed by atoms with Crippen molar-refractivity contribution in [2.24, 2.45) is 5.73 Å². The molecule has 0 aliphatic heterocycles. The highest BCUT2D eigenvalue weighted by Crippen LogP contribution is 2.35. The summed E-state index contributed by atoms with van der Waals surface area (Å²) in [5, 5.41) is 2.03. The van der Waals surface area contributed by atoms with Gasteiger partial charge in [0.15, 0.2) is 0 Å². The van der Waals surface area contributed by atoms with Gasteiger partial charge in [-0.3, -0.25) is 0 Å². The van der Waals surface area contributed by atoms with Crippen LogP contribution >= 0.6 is 23.1 Å². The molecule has 2 aromatic rings. The van der Waals surface area contributed by atoms with Crippen LogP contribution in [0.1, 0.15) is 18.5 Å². The summed E-state index contributed by atoms with van der Waals surface area (Å²) >= 11 is 3.30. The smallest absolute Gasteiger partial charge is 0.123 e. The van der Waals surface area contributed by atoms with Crippen molar-refractivity contribution in [3.8, 4) is 0 Å². The fraction of sp³-hybridized carbons (Fsp3) is 0.167. The fourth-order valence-corrected chi connectivity index (χ4v) is 3.34. The summed E-state index contributed by atoms with van der Waals surface area (Å²) in [5.41, 5.74) is 6.70. The van der Waals surface area contributed by atoms with Crippen molar-refractivity contribution < 1.29 is 4.39 Å². The average molecular weight is 253 g/mol. The van der Waals surface area contributed by atoms with Crippen LogP contribution < -0.4 is 5.73 Å². The summed E-state index contributed by atoms with van der Waals surface area (Å²) < 4.78 is 14.3. The predicted octanol–water partition coefficient (Wildman–Crippen LogP) is 4.06. The summed E-state index contributed by atoms with van der Waals surface area (Å²) in [5.74, 6) is -0.233. The molecule has 2 N–H and O–H groups in total. The summed E-state index contributed by atoms with van der Waals surface area (Å²) in [4.78, 5) is 1.03. The van der Waals surface area contributed by atoms with Crippen LogP contribution in [0.5, 0.6) is 0 Å². The van der Waals surface area contributed by atoms with E-state index in [0.29, 0.717) is 0 Å². The zero-order chi connectivity index (χ0) is 11.5. The molecule has 0 aliphatic carbocycles. The lowest BCUT2D eigenvalue weighted by Gasteiger charge is -2.11. The maximum absolute atomic E-state index is 13.1. The third-order valence-corrected chi connectivity index (χ3v) is 4.30. The van der Waals surface area contributed by atoms with Gasteiger partial charge in [0, 0.05) is 10.9 Å². The second kappa shape index (κ2) is 4.99. The number of hydrogen-bond donors (Lipinski definition) is 1. The van der Waals surface area contributed by atoms with Crippen molar-refractivity contribution in [2.45, 2.75) is 22.1 Å². The van der Waals surface area contributed by atoms with Crippen molar-refractivity contribution >= 4 is 23.1 Å². The molecule has 0 aliphatic rings. The van der Waals surface area contributed by atoms with Gasteiger partial charge in [-0.2, -0.15) is 0 Å². The first-order valence-corrected chi connectivity index (χ1v) is 6.63. The Kier molecular flexibility index (Phi) is 3.63. The molecule has 0 bridgehead atoms. The molecular formula is C12H12FNS2. The van der Waals surface area contributed by atoms with Crippen LogP contribution in [-0.2, 0) is 0 Å². The largest absolute Gasteiger partial charge is 0.324 e. The van der Waals surface area contributed by atoms with E-state index in [1.165, 1.54) is 16.3 Å². The third kappa shape index (κ3) is 2.64. The van der Waals surface area contributed by atoms with Gasteiger partial charge in [0.1, 0.15) is 5.82 Å². The van der Waals surface area contributed by atoms with E-state index in [-0.39, 0.29) is 11.9 Å². The first-order chi connectivity index (χ1) is 7.66. The van der Waals surface area contributed by atoms with Gasteiger partial charge in [-0.05, 0) is 42.1 Å². The van der Waals surface area contributed by atoms with Gasteiger partial charge < -0.3 is 5.73 Å². The van der Waals surface area contributed by atoms with E-state index in [1.807, 2.05) is 24.4 Å². The Morgan fingerprint density at radius 2 is 2.19 bits per heavy atom. The number of thiophene rings is 1. The normalized spacial score (nSPS) is 12.7. The lowest BCUT2D eigenvalue weighted by Crippen LogP contribution is -2.06. The quantitative estimate of drug-likeness (QED) is 0.892. The van der Waals surface area contributed by atoms with Crippen molar-refractivity contribution in [3.05, 3.63) is 47.1 Å². The van der Waals surface area contributed by atoms with Crippen molar-refractivity contribution in [1.82, 2.24) is 0 Å². The molecule has 0 amide bonds. The molecule has 84 valence electrons. The predicted molar refractivity (Wildman–Crippen MR) is 67.4 cm³/mol. The first kappa shape index (κ1) is 11.6. The molecule has 2 rings (SSSR count). The second-order valence-corrected chi connectivity index (χ2v) is 5.79. The topological polar surface area (TPSA) is 26.0 Å². The van der Waals surface area contributed by atoms with Crippen LogP contribution in [0.2, 0.25) is 0 Å². The van der Waals surface area contributed by atoms with Crippen LogP contribution in [0.3, 0.4) is 0 Å². The van der Waals surface area contributed by atoms with E-state index in [4.69, 9.17) is 5.73 Å². The van der Waals surface area contributed by atoms with Crippen molar-refractivity contribution in [3.63, 3.8) is 0 Å². The molecule has 1 nitrogen and oxygen atoms in total. The van der Waals surface area contributed by atoms with E-state index in [1.54, 1.807) is 29.2 Å². The van der Waals surface area contributed by atoms with Gasteiger partial charge in [-0.25, -0.2) is 4.39 Å². The number of hydrogen-bond acceptors (Lipinski definition) is 3. The molecule has 4 heteroatoms. The van der Waals surface area contributed by atoms with Crippen molar-refractivity contribution in [2.75, 3.05) is 0 Å². The molecule has 0 fully saturated rings. The minimum atomic E-state index is -0.233. The number of halogens is 1. The Bertz CT molecular complexity index is 466. The summed E-state index contributed by atoms with van der Waals surface area (Å²) in [6.07, 6.45) is 0. The monoisotopic (exact) mass is 253 g/mol. The average Bonchev–Trinajstić information content (AvgIpc) is 2.73. The molecule has 1 aromatic carbocycles. The fourth-order valence-electron chi connectivity index (χ4n) is 1.40. The zero-order valence-corrected chi connectivity index (χ0v) is 10.4. The maximum atomic E-state index is 13.1. The molecule has 0 saturated carbocycles. The van der Waals surface area contributed by atoms with Gasteiger partial charge in [-0.15, -0.1) is 11.3 Å². The van der Waals surface area contributed by atoms with Crippen molar-refractivity contribution in [1.29, 1.82) is 0 Å². The van der Waals surface area contributed by atoms with E-state index in [0.717, 1.165) is 10.5 Å². The lowest BCUT2D eigenvalue weighted by molar-refractivity contribution is 0.619. The second-order valence-electron chi connectivity index (χ2n) is 3.50. The van der Waals surface area contributed by atoms with E-state index in [2.05, 4.69) is 0 Å². The Hall–Kier alpha value is -0.840. The summed E-state index contributed by atoms with van der Waals surface area (Å²) in [7, 11) is 0. The standard InChI is InChI=1S/C12H12FNS2/c1-8(14)10-7-9(13)4-5-11(10)16-12-3-2-6-15-12/h2-8H,14H2,1H3/t8-/m1/s1. The van der Waals surface area contributed by atoms with Gasteiger partial charge >= 0.3 is 0 Å². The van der Waals surface area contributed by atoms with Crippen LogP contribution in [-0.4, -0.2) is 0 Å². The number of rotatable bonds is 3. The number of nitrogens with two attached hydrogens (primary N) is 1. The maximum Gasteiger partial charge on any atom is 0.123 e. The molecular weight excluding hydrogens is 241 g/mol. The van der Waals surface area contributed by atoms with Gasteiger partial charge in [0.25, 0.3) is 0 Å². The highest BCUT2D eigenvalue weighted by Gasteiger charge is 2.10. The first-order valence-electron chi connectivity index (χ1n) is 4.93. The molecule has 0 saturated heterocycles. The van der Waals surface area contributed by atoms with Crippen LogP contribution in [0.25, 0.3) is 0 Å². The molecule has 0 radical (unpaired) electrons. The van der Waals surface area contributed by atoms with Gasteiger partial charge in [0.2, 0.25) is 0 Å². The van der Waals surface area contributed by atoms with E-state index < -0.39 is 0 Å².